The van der Waals surface area contributed by atoms with Gasteiger partial charge in [-0.1, -0.05) is 25.3 Å². The number of aryl methyl sites for hydroxylation is 2. The van der Waals surface area contributed by atoms with Crippen LogP contribution in [0.4, 0.5) is 0 Å². The molecule has 0 atom stereocenters. The molecule has 0 radical (unpaired) electrons. The molecule has 0 bridgehead atoms. The van der Waals surface area contributed by atoms with Crippen LogP contribution in [0.5, 0.6) is 0 Å². The van der Waals surface area contributed by atoms with Crippen molar-refractivity contribution in [2.75, 3.05) is 0 Å². The van der Waals surface area contributed by atoms with Crippen LogP contribution in [0.3, 0.4) is 0 Å². The van der Waals surface area contributed by atoms with Gasteiger partial charge in [-0.15, -0.1) is 0 Å². The highest BCUT2D eigenvalue weighted by Crippen LogP contribution is 2.19. The van der Waals surface area contributed by atoms with Crippen LogP contribution in [0.25, 0.3) is 5.65 Å². The third-order valence-electron chi connectivity index (χ3n) is 4.10. The van der Waals surface area contributed by atoms with Crippen LogP contribution < -0.4 is 5.32 Å². The summed E-state index contributed by atoms with van der Waals surface area (Å²) in [7, 11) is 0. The summed E-state index contributed by atoms with van der Waals surface area (Å²) in [6, 6.07) is 4.30. The number of nitrogens with one attached hydrogen (secondary N) is 1. The molecule has 1 saturated carbocycles. The van der Waals surface area contributed by atoms with E-state index in [0.29, 0.717) is 11.7 Å². The minimum Gasteiger partial charge on any atom is -0.348 e. The SMILES string of the molecule is Cc1ccc2nc(C)c(C(=O)NC3CCCCC3)n2c1. The molecule has 0 spiro atoms. The lowest BCUT2D eigenvalue weighted by atomic mass is 9.95. The Labute approximate surface area is 119 Å². The van der Waals surface area contributed by atoms with Crippen molar-refractivity contribution in [3.05, 3.63) is 35.3 Å². The number of nitrogens with zero attached hydrogens (tertiary/aromatic N) is 2. The highest BCUT2D eigenvalue weighted by atomic mass is 16.2. The van der Waals surface area contributed by atoms with E-state index >= 15 is 0 Å². The van der Waals surface area contributed by atoms with Gasteiger partial charge in [0.05, 0.1) is 5.69 Å². The first-order valence-electron chi connectivity index (χ1n) is 7.41. The molecule has 0 saturated heterocycles. The number of carbonyl (C=O) groups excluding carboxylic acids is 1. The van der Waals surface area contributed by atoms with Gasteiger partial charge in [0, 0.05) is 12.2 Å². The second-order valence-corrected chi connectivity index (χ2v) is 5.79. The molecule has 1 amide bonds. The van der Waals surface area contributed by atoms with Gasteiger partial charge in [-0.05, 0) is 38.3 Å². The molecule has 2 aromatic rings. The standard InChI is InChI=1S/C16H21N3O/c1-11-8-9-14-17-12(2)15(19(14)10-11)16(20)18-13-6-4-3-5-7-13/h8-10,13H,3-7H2,1-2H3,(H,18,20). The van der Waals surface area contributed by atoms with Gasteiger partial charge in [0.15, 0.2) is 0 Å². The summed E-state index contributed by atoms with van der Waals surface area (Å²) >= 11 is 0. The molecule has 1 aliphatic rings. The molecule has 1 N–H and O–H groups in total. The molecular weight excluding hydrogens is 250 g/mol. The van der Waals surface area contributed by atoms with Crippen molar-refractivity contribution in [1.29, 1.82) is 0 Å². The average Bonchev–Trinajstić information content (AvgIpc) is 2.75. The predicted octanol–water partition coefficient (Wildman–Crippen LogP) is 3.01. The van der Waals surface area contributed by atoms with Gasteiger partial charge in [-0.3, -0.25) is 9.20 Å². The molecule has 3 rings (SSSR count). The molecule has 20 heavy (non-hydrogen) atoms. The van der Waals surface area contributed by atoms with Crippen LogP contribution in [0, 0.1) is 13.8 Å². The van der Waals surface area contributed by atoms with Gasteiger partial charge in [0.25, 0.3) is 5.91 Å². The fourth-order valence-electron chi connectivity index (χ4n) is 3.04. The summed E-state index contributed by atoms with van der Waals surface area (Å²) in [5.41, 5.74) is 3.43. The van der Waals surface area contributed by atoms with E-state index in [0.717, 1.165) is 29.7 Å². The Kier molecular flexibility index (Phi) is 3.47. The molecular formula is C16H21N3O. The number of rotatable bonds is 2. The van der Waals surface area contributed by atoms with Crippen LogP contribution in [0.2, 0.25) is 0 Å². The molecule has 1 fully saturated rings. The first kappa shape index (κ1) is 13.2. The maximum Gasteiger partial charge on any atom is 0.270 e. The van der Waals surface area contributed by atoms with E-state index in [4.69, 9.17) is 0 Å². The van der Waals surface area contributed by atoms with Gasteiger partial charge in [-0.25, -0.2) is 4.98 Å². The van der Waals surface area contributed by atoms with Crippen LogP contribution in [-0.2, 0) is 0 Å². The van der Waals surface area contributed by atoms with Crippen molar-refractivity contribution >= 4 is 11.6 Å². The Morgan fingerprint density at radius 3 is 2.75 bits per heavy atom. The Bertz CT molecular complexity index is 638. The fraction of sp³-hybridized carbons (Fsp3) is 0.500. The summed E-state index contributed by atoms with van der Waals surface area (Å²) in [5.74, 6) is 0.00694. The quantitative estimate of drug-likeness (QED) is 0.912. The van der Waals surface area contributed by atoms with E-state index in [1.165, 1.54) is 19.3 Å². The molecule has 0 aromatic carbocycles. The van der Waals surface area contributed by atoms with Crippen LogP contribution in [0.1, 0.15) is 53.8 Å². The largest absolute Gasteiger partial charge is 0.348 e. The zero-order valence-electron chi connectivity index (χ0n) is 12.1. The number of amides is 1. The van der Waals surface area contributed by atoms with Crippen molar-refractivity contribution in [3.8, 4) is 0 Å². The van der Waals surface area contributed by atoms with Gasteiger partial charge in [-0.2, -0.15) is 0 Å². The van der Waals surface area contributed by atoms with E-state index in [1.54, 1.807) is 0 Å². The number of hydrogen-bond donors (Lipinski definition) is 1. The van der Waals surface area contributed by atoms with Crippen LogP contribution in [-0.4, -0.2) is 21.3 Å². The van der Waals surface area contributed by atoms with Crippen molar-refractivity contribution < 1.29 is 4.79 Å². The normalized spacial score (nSPS) is 16.5. The minimum absolute atomic E-state index is 0.00694. The average molecular weight is 271 g/mol. The van der Waals surface area contributed by atoms with Gasteiger partial charge in [0.1, 0.15) is 11.3 Å². The number of carbonyl (C=O) groups is 1. The summed E-state index contributed by atoms with van der Waals surface area (Å²) in [6.45, 7) is 3.93. The maximum absolute atomic E-state index is 12.5. The van der Waals surface area contributed by atoms with Crippen molar-refractivity contribution in [2.45, 2.75) is 52.0 Å². The van der Waals surface area contributed by atoms with E-state index in [9.17, 15) is 4.79 Å². The van der Waals surface area contributed by atoms with Crippen molar-refractivity contribution in [1.82, 2.24) is 14.7 Å². The topological polar surface area (TPSA) is 46.4 Å². The second kappa shape index (κ2) is 5.27. The zero-order chi connectivity index (χ0) is 14.1. The first-order chi connectivity index (χ1) is 9.65. The lowest BCUT2D eigenvalue weighted by molar-refractivity contribution is 0.0921. The lowest BCUT2D eigenvalue weighted by Gasteiger charge is -2.22. The first-order valence-corrected chi connectivity index (χ1v) is 7.41. The minimum atomic E-state index is 0.00694. The summed E-state index contributed by atoms with van der Waals surface area (Å²) in [5, 5.41) is 3.17. The van der Waals surface area contributed by atoms with E-state index in [1.807, 2.05) is 36.6 Å². The molecule has 0 unspecified atom stereocenters. The number of fused-ring (bicyclic) bond motifs is 1. The third kappa shape index (κ3) is 2.42. The Balaban J connectivity index is 1.90. The molecule has 1 aliphatic carbocycles. The van der Waals surface area contributed by atoms with Gasteiger partial charge < -0.3 is 5.32 Å². The molecule has 0 aliphatic heterocycles. The smallest absolute Gasteiger partial charge is 0.270 e. The molecule has 106 valence electrons. The Morgan fingerprint density at radius 1 is 1.25 bits per heavy atom. The van der Waals surface area contributed by atoms with Gasteiger partial charge >= 0.3 is 0 Å². The number of pyridine rings is 1. The Hall–Kier alpha value is -1.84. The third-order valence-corrected chi connectivity index (χ3v) is 4.10. The molecule has 2 aromatic heterocycles. The van der Waals surface area contributed by atoms with E-state index < -0.39 is 0 Å². The zero-order valence-corrected chi connectivity index (χ0v) is 12.1. The molecule has 2 heterocycles. The van der Waals surface area contributed by atoms with E-state index in [-0.39, 0.29) is 5.91 Å². The molecule has 4 heteroatoms. The van der Waals surface area contributed by atoms with Gasteiger partial charge in [0.2, 0.25) is 0 Å². The van der Waals surface area contributed by atoms with Crippen LogP contribution >= 0.6 is 0 Å². The summed E-state index contributed by atoms with van der Waals surface area (Å²) in [4.78, 5) is 17.0. The number of aromatic nitrogens is 2. The maximum atomic E-state index is 12.5. The summed E-state index contributed by atoms with van der Waals surface area (Å²) < 4.78 is 1.91. The fourth-order valence-corrected chi connectivity index (χ4v) is 3.04. The van der Waals surface area contributed by atoms with E-state index in [2.05, 4.69) is 10.3 Å². The molecule has 4 nitrogen and oxygen atoms in total. The number of imidazole rings is 1. The second-order valence-electron chi connectivity index (χ2n) is 5.79. The predicted molar refractivity (Wildman–Crippen MR) is 79.0 cm³/mol. The Morgan fingerprint density at radius 2 is 2.00 bits per heavy atom. The highest BCUT2D eigenvalue weighted by molar-refractivity contribution is 5.94. The number of hydrogen-bond acceptors (Lipinski definition) is 2. The van der Waals surface area contributed by atoms with Crippen molar-refractivity contribution in [3.63, 3.8) is 0 Å². The van der Waals surface area contributed by atoms with Crippen LogP contribution in [0.15, 0.2) is 18.3 Å². The summed E-state index contributed by atoms with van der Waals surface area (Å²) in [6.07, 6.45) is 7.90. The highest BCUT2D eigenvalue weighted by Gasteiger charge is 2.21. The van der Waals surface area contributed by atoms with Crippen molar-refractivity contribution in [2.24, 2.45) is 0 Å². The lowest BCUT2D eigenvalue weighted by Crippen LogP contribution is -2.37. The monoisotopic (exact) mass is 271 g/mol.